The summed E-state index contributed by atoms with van der Waals surface area (Å²) in [6.07, 6.45) is -3.90. The largest absolute Gasteiger partial charge is 0.466 e. The molecule has 8 heteroatoms. The number of carbonyl (C=O) groups is 1. The van der Waals surface area contributed by atoms with Crippen molar-refractivity contribution in [2.24, 2.45) is 0 Å². The van der Waals surface area contributed by atoms with E-state index >= 15 is 0 Å². The van der Waals surface area contributed by atoms with Gasteiger partial charge in [0.1, 0.15) is 40.3 Å². The second-order valence-corrected chi connectivity index (χ2v) is 6.27. The summed E-state index contributed by atoms with van der Waals surface area (Å²) in [6.45, 7) is 1.35. The fourth-order valence-corrected chi connectivity index (χ4v) is 3.72. The van der Waals surface area contributed by atoms with Crippen molar-refractivity contribution in [1.29, 1.82) is 0 Å². The monoisotopic (exact) mass is 304 g/mol. The van der Waals surface area contributed by atoms with Crippen LogP contribution in [0.2, 0.25) is 0 Å². The summed E-state index contributed by atoms with van der Waals surface area (Å²) in [5.74, 6) is 0.00783. The number of ether oxygens (including phenoxy) is 3. The predicted octanol–water partition coefficient (Wildman–Crippen LogP) is -0.896. The zero-order chi connectivity index (χ0) is 14.4. The lowest BCUT2D eigenvalue weighted by molar-refractivity contribution is -0.244. The SMILES string of the molecule is C[C@H]1CC2=C(S[C@H]3[C@@H](O2)O[C@H](CO)[C@@H](O)[C@@H]3O)C(=O)O1. The Labute approximate surface area is 119 Å². The minimum Gasteiger partial charge on any atom is -0.466 e. The molecule has 0 aliphatic carbocycles. The summed E-state index contributed by atoms with van der Waals surface area (Å²) in [6, 6.07) is 0. The van der Waals surface area contributed by atoms with Crippen LogP contribution < -0.4 is 0 Å². The van der Waals surface area contributed by atoms with Crippen LogP contribution in [-0.2, 0) is 19.0 Å². The summed E-state index contributed by atoms with van der Waals surface area (Å²) in [4.78, 5) is 12.1. The van der Waals surface area contributed by atoms with Gasteiger partial charge < -0.3 is 29.5 Å². The number of fused-ring (bicyclic) bond motifs is 1. The van der Waals surface area contributed by atoms with E-state index in [1.165, 1.54) is 0 Å². The third kappa shape index (κ3) is 2.21. The topological polar surface area (TPSA) is 105 Å². The molecule has 0 aromatic heterocycles. The molecule has 1 fully saturated rings. The molecule has 1 saturated heterocycles. The second-order valence-electron chi connectivity index (χ2n) is 5.08. The highest BCUT2D eigenvalue weighted by molar-refractivity contribution is 8.04. The molecule has 112 valence electrons. The Hall–Kier alpha value is -0.800. The van der Waals surface area contributed by atoms with Crippen molar-refractivity contribution >= 4 is 17.7 Å². The Morgan fingerprint density at radius 2 is 2.05 bits per heavy atom. The fraction of sp³-hybridized carbons (Fsp3) is 0.750. The van der Waals surface area contributed by atoms with E-state index in [4.69, 9.17) is 19.3 Å². The van der Waals surface area contributed by atoms with Crippen LogP contribution in [0.25, 0.3) is 0 Å². The lowest BCUT2D eigenvalue weighted by Gasteiger charge is -2.45. The third-order valence-corrected chi connectivity index (χ3v) is 4.96. The molecular formula is C12H16O7S. The molecule has 6 atom stereocenters. The van der Waals surface area contributed by atoms with Crippen LogP contribution in [-0.4, -0.2) is 63.9 Å². The molecule has 20 heavy (non-hydrogen) atoms. The molecule has 0 aromatic rings. The van der Waals surface area contributed by atoms with E-state index in [2.05, 4.69) is 0 Å². The minimum atomic E-state index is -1.22. The summed E-state index contributed by atoms with van der Waals surface area (Å²) in [5, 5.41) is 28.4. The Bertz CT molecular complexity index is 451. The highest BCUT2D eigenvalue weighted by Crippen LogP contribution is 2.44. The van der Waals surface area contributed by atoms with Crippen molar-refractivity contribution in [2.45, 2.75) is 49.3 Å². The van der Waals surface area contributed by atoms with Gasteiger partial charge in [-0.2, -0.15) is 0 Å². The van der Waals surface area contributed by atoms with Gasteiger partial charge >= 0.3 is 5.97 Å². The van der Waals surface area contributed by atoms with Crippen molar-refractivity contribution in [3.8, 4) is 0 Å². The molecule has 3 heterocycles. The number of rotatable bonds is 1. The highest BCUT2D eigenvalue weighted by Gasteiger charge is 2.50. The van der Waals surface area contributed by atoms with Crippen LogP contribution in [0.4, 0.5) is 0 Å². The second kappa shape index (κ2) is 5.19. The zero-order valence-electron chi connectivity index (χ0n) is 10.8. The standard InChI is InChI=1S/C12H16O7S/c1-4-2-5-9(11(16)17-4)20-10-8(15)7(14)6(3-13)19-12(10)18-5/h4,6-8,10,12-15H,2-3H2,1H3/t4-,6+,7+,8-,10+,12-/m0/s1. The normalized spacial score (nSPS) is 44.3. The smallest absolute Gasteiger partial charge is 0.348 e. The maximum absolute atomic E-state index is 11.8. The maximum atomic E-state index is 11.8. The van der Waals surface area contributed by atoms with Gasteiger partial charge in [0, 0.05) is 6.42 Å². The molecule has 3 N–H and O–H groups in total. The van der Waals surface area contributed by atoms with Gasteiger partial charge in [-0.25, -0.2) is 4.79 Å². The molecule has 3 aliphatic rings. The average molecular weight is 304 g/mol. The summed E-state index contributed by atoms with van der Waals surface area (Å²) < 4.78 is 16.2. The fourth-order valence-electron chi connectivity index (χ4n) is 2.51. The van der Waals surface area contributed by atoms with Gasteiger partial charge in [-0.1, -0.05) is 0 Å². The van der Waals surface area contributed by atoms with E-state index in [0.717, 1.165) is 11.8 Å². The molecular weight excluding hydrogens is 288 g/mol. The van der Waals surface area contributed by atoms with Crippen molar-refractivity contribution in [3.05, 3.63) is 10.7 Å². The van der Waals surface area contributed by atoms with Crippen LogP contribution in [0.1, 0.15) is 13.3 Å². The first-order valence-electron chi connectivity index (χ1n) is 6.41. The van der Waals surface area contributed by atoms with Gasteiger partial charge in [0.2, 0.25) is 6.29 Å². The molecule has 3 aliphatic heterocycles. The molecule has 7 nitrogen and oxygen atoms in total. The van der Waals surface area contributed by atoms with Gasteiger partial charge in [0.25, 0.3) is 0 Å². The van der Waals surface area contributed by atoms with Crippen LogP contribution >= 0.6 is 11.8 Å². The van der Waals surface area contributed by atoms with Gasteiger partial charge in [0.15, 0.2) is 0 Å². The van der Waals surface area contributed by atoms with Crippen molar-refractivity contribution < 1.29 is 34.3 Å². The van der Waals surface area contributed by atoms with Crippen molar-refractivity contribution in [2.75, 3.05) is 6.61 Å². The van der Waals surface area contributed by atoms with E-state index in [1.807, 2.05) is 0 Å². The molecule has 0 unspecified atom stereocenters. The van der Waals surface area contributed by atoms with E-state index in [-0.39, 0.29) is 6.10 Å². The first-order valence-corrected chi connectivity index (χ1v) is 7.29. The van der Waals surface area contributed by atoms with E-state index < -0.39 is 42.4 Å². The number of cyclic esters (lactones) is 1. The van der Waals surface area contributed by atoms with Gasteiger partial charge in [0.05, 0.1) is 6.61 Å². The lowest BCUT2D eigenvalue weighted by atomic mass is 10.0. The average Bonchev–Trinajstić information content (AvgIpc) is 2.41. The molecule has 0 bridgehead atoms. The summed E-state index contributed by atoms with van der Waals surface area (Å²) in [7, 11) is 0. The van der Waals surface area contributed by atoms with Gasteiger partial charge in [-0.15, -0.1) is 11.8 Å². The van der Waals surface area contributed by atoms with Crippen LogP contribution in [0, 0.1) is 0 Å². The highest BCUT2D eigenvalue weighted by atomic mass is 32.2. The Morgan fingerprint density at radius 1 is 1.30 bits per heavy atom. The number of aliphatic hydroxyl groups excluding tert-OH is 3. The van der Waals surface area contributed by atoms with Crippen LogP contribution in [0.3, 0.4) is 0 Å². The maximum Gasteiger partial charge on any atom is 0.348 e. The zero-order valence-corrected chi connectivity index (χ0v) is 11.6. The van der Waals surface area contributed by atoms with Gasteiger partial charge in [-0.05, 0) is 6.92 Å². The van der Waals surface area contributed by atoms with Crippen LogP contribution in [0.5, 0.6) is 0 Å². The molecule has 0 amide bonds. The number of hydrogen-bond donors (Lipinski definition) is 3. The number of carbonyl (C=O) groups excluding carboxylic acids is 1. The molecule has 3 rings (SSSR count). The van der Waals surface area contributed by atoms with Crippen molar-refractivity contribution in [1.82, 2.24) is 0 Å². The third-order valence-electron chi connectivity index (χ3n) is 3.56. The number of esters is 1. The predicted molar refractivity (Wildman–Crippen MR) is 67.4 cm³/mol. The van der Waals surface area contributed by atoms with Gasteiger partial charge in [-0.3, -0.25) is 0 Å². The number of hydrogen-bond acceptors (Lipinski definition) is 8. The first kappa shape index (κ1) is 14.2. The van der Waals surface area contributed by atoms with E-state index in [0.29, 0.717) is 17.1 Å². The number of aliphatic hydroxyl groups is 3. The van der Waals surface area contributed by atoms with Crippen LogP contribution in [0.15, 0.2) is 10.7 Å². The molecule has 0 spiro atoms. The Kier molecular flexibility index (Phi) is 3.67. The number of thioether (sulfide) groups is 1. The van der Waals surface area contributed by atoms with E-state index in [9.17, 15) is 15.0 Å². The lowest BCUT2D eigenvalue weighted by Crippen LogP contribution is -2.59. The Morgan fingerprint density at radius 3 is 2.75 bits per heavy atom. The first-order chi connectivity index (χ1) is 9.51. The Balaban J connectivity index is 1.86. The molecule has 0 aromatic carbocycles. The summed E-state index contributed by atoms with van der Waals surface area (Å²) >= 11 is 1.10. The quantitative estimate of drug-likeness (QED) is 0.536. The molecule has 0 saturated carbocycles. The summed E-state index contributed by atoms with van der Waals surface area (Å²) in [5.41, 5.74) is 0. The van der Waals surface area contributed by atoms with E-state index in [1.54, 1.807) is 6.92 Å². The van der Waals surface area contributed by atoms with Crippen molar-refractivity contribution in [3.63, 3.8) is 0 Å². The minimum absolute atomic E-state index is 0.272. The molecule has 0 radical (unpaired) electrons.